The summed E-state index contributed by atoms with van der Waals surface area (Å²) in [5.74, 6) is -0.00490. The van der Waals surface area contributed by atoms with Gasteiger partial charge < -0.3 is 11.1 Å². The van der Waals surface area contributed by atoms with Gasteiger partial charge in [-0.2, -0.15) is 0 Å². The molecule has 0 aliphatic carbocycles. The van der Waals surface area contributed by atoms with E-state index >= 15 is 0 Å². The lowest BCUT2D eigenvalue weighted by Gasteiger charge is -2.19. The van der Waals surface area contributed by atoms with Crippen molar-refractivity contribution in [2.45, 2.75) is 32.4 Å². The molecule has 2 aromatic rings. The lowest BCUT2D eigenvalue weighted by Crippen LogP contribution is -2.28. The summed E-state index contributed by atoms with van der Waals surface area (Å²) in [6.45, 7) is 4.42. The van der Waals surface area contributed by atoms with Gasteiger partial charge in [0.1, 0.15) is 0 Å². The van der Waals surface area contributed by atoms with Crippen LogP contribution in [0.1, 0.15) is 30.5 Å². The zero-order valence-electron chi connectivity index (χ0n) is 12.9. The minimum atomic E-state index is -0.366. The number of carbonyl (C=O) groups excluding carboxylic acids is 1. The van der Waals surface area contributed by atoms with Crippen LogP contribution in [0, 0.1) is 0 Å². The Kier molecular flexibility index (Phi) is 5.22. The quantitative estimate of drug-likeness (QED) is 0.888. The molecule has 2 rings (SSSR count). The fraction of sp³-hybridized carbons (Fsp3) is 0.278. The monoisotopic (exact) mass is 316 g/mol. The molecule has 0 aliphatic heterocycles. The molecule has 0 heterocycles. The van der Waals surface area contributed by atoms with Gasteiger partial charge in [-0.05, 0) is 42.7 Å². The topological polar surface area (TPSA) is 55.1 Å². The molecule has 1 amide bonds. The molecular formula is C18H21ClN2O. The maximum absolute atomic E-state index is 12.0. The number of nitrogens with two attached hydrogens (primary N) is 1. The largest absolute Gasteiger partial charge is 0.352 e. The number of rotatable bonds is 5. The minimum absolute atomic E-state index is 0.00490. The van der Waals surface area contributed by atoms with Crippen LogP contribution in [0.4, 0.5) is 0 Å². The third-order valence-corrected chi connectivity index (χ3v) is 3.72. The summed E-state index contributed by atoms with van der Waals surface area (Å²) in [6.07, 6.45) is 0.360. The van der Waals surface area contributed by atoms with Gasteiger partial charge in [0.2, 0.25) is 5.91 Å². The Morgan fingerprint density at radius 3 is 2.14 bits per heavy atom. The number of hydrogen-bond donors (Lipinski definition) is 2. The Balaban J connectivity index is 1.88. The number of hydrogen-bond acceptors (Lipinski definition) is 2. The van der Waals surface area contributed by atoms with Gasteiger partial charge in [0, 0.05) is 17.1 Å². The zero-order chi connectivity index (χ0) is 16.2. The Hall–Kier alpha value is -1.84. The highest BCUT2D eigenvalue weighted by molar-refractivity contribution is 6.30. The molecule has 3 N–H and O–H groups in total. The van der Waals surface area contributed by atoms with Gasteiger partial charge in [0.25, 0.3) is 0 Å². The van der Waals surface area contributed by atoms with Crippen molar-refractivity contribution >= 4 is 17.5 Å². The highest BCUT2D eigenvalue weighted by Gasteiger charge is 2.13. The van der Waals surface area contributed by atoms with Crippen LogP contribution in [0.2, 0.25) is 5.02 Å². The fourth-order valence-corrected chi connectivity index (χ4v) is 2.23. The van der Waals surface area contributed by atoms with Crippen molar-refractivity contribution in [3.8, 4) is 0 Å². The van der Waals surface area contributed by atoms with Crippen molar-refractivity contribution in [2.75, 3.05) is 0 Å². The van der Waals surface area contributed by atoms with E-state index in [0.717, 1.165) is 16.7 Å². The molecule has 2 aromatic carbocycles. The van der Waals surface area contributed by atoms with Crippen LogP contribution in [-0.2, 0) is 23.3 Å². The van der Waals surface area contributed by atoms with Gasteiger partial charge in [-0.3, -0.25) is 4.79 Å². The van der Waals surface area contributed by atoms with Gasteiger partial charge in [-0.1, -0.05) is 48.0 Å². The molecule has 0 radical (unpaired) electrons. The number of halogens is 1. The maximum atomic E-state index is 12.0. The van der Waals surface area contributed by atoms with Crippen LogP contribution in [0.15, 0.2) is 48.5 Å². The molecular weight excluding hydrogens is 296 g/mol. The van der Waals surface area contributed by atoms with Crippen LogP contribution >= 0.6 is 11.6 Å². The first-order valence-corrected chi connectivity index (χ1v) is 7.62. The molecule has 0 bridgehead atoms. The smallest absolute Gasteiger partial charge is 0.224 e. The van der Waals surface area contributed by atoms with Gasteiger partial charge >= 0.3 is 0 Å². The average Bonchev–Trinajstić information content (AvgIpc) is 2.46. The van der Waals surface area contributed by atoms with Crippen LogP contribution < -0.4 is 11.1 Å². The number of carbonyl (C=O) groups is 1. The molecule has 0 aromatic heterocycles. The highest BCUT2D eigenvalue weighted by Crippen LogP contribution is 2.17. The molecule has 4 heteroatoms. The summed E-state index contributed by atoms with van der Waals surface area (Å²) < 4.78 is 0. The van der Waals surface area contributed by atoms with E-state index in [1.807, 2.05) is 62.4 Å². The summed E-state index contributed by atoms with van der Waals surface area (Å²) in [7, 11) is 0. The number of amides is 1. The van der Waals surface area contributed by atoms with Gasteiger partial charge in [-0.15, -0.1) is 0 Å². The first-order valence-electron chi connectivity index (χ1n) is 7.24. The molecule has 0 fully saturated rings. The fourth-order valence-electron chi connectivity index (χ4n) is 2.10. The second-order valence-corrected chi connectivity index (χ2v) is 6.44. The van der Waals surface area contributed by atoms with Crippen molar-refractivity contribution < 1.29 is 4.79 Å². The Morgan fingerprint density at radius 1 is 1.05 bits per heavy atom. The molecule has 0 spiro atoms. The van der Waals surface area contributed by atoms with E-state index in [1.165, 1.54) is 0 Å². The molecule has 0 atom stereocenters. The van der Waals surface area contributed by atoms with Gasteiger partial charge in [-0.25, -0.2) is 0 Å². The van der Waals surface area contributed by atoms with Crippen LogP contribution in [0.25, 0.3) is 0 Å². The molecule has 3 nitrogen and oxygen atoms in total. The van der Waals surface area contributed by atoms with Crippen LogP contribution in [-0.4, -0.2) is 5.91 Å². The second kappa shape index (κ2) is 6.95. The molecule has 22 heavy (non-hydrogen) atoms. The first-order chi connectivity index (χ1) is 10.3. The molecule has 0 unspecified atom stereocenters. The van der Waals surface area contributed by atoms with Gasteiger partial charge in [0.05, 0.1) is 6.42 Å². The zero-order valence-corrected chi connectivity index (χ0v) is 13.7. The predicted octanol–water partition coefficient (Wildman–Crippen LogP) is 3.39. The van der Waals surface area contributed by atoms with Crippen LogP contribution in [0.3, 0.4) is 0 Å². The van der Waals surface area contributed by atoms with E-state index in [2.05, 4.69) is 5.32 Å². The summed E-state index contributed by atoms with van der Waals surface area (Å²) >= 11 is 5.83. The highest BCUT2D eigenvalue weighted by atomic mass is 35.5. The standard InChI is InChI=1S/C18H21ClN2O/c1-18(2,20)15-7-3-13(4-8-15)11-17(22)21-12-14-5-9-16(19)10-6-14/h3-10H,11-12,20H2,1-2H3,(H,21,22). The van der Waals surface area contributed by atoms with E-state index in [-0.39, 0.29) is 11.4 Å². The normalized spacial score (nSPS) is 11.3. The van der Waals surface area contributed by atoms with E-state index in [9.17, 15) is 4.79 Å². The Bertz CT molecular complexity index is 628. The minimum Gasteiger partial charge on any atom is -0.352 e. The van der Waals surface area contributed by atoms with E-state index in [4.69, 9.17) is 17.3 Å². The molecule has 0 aliphatic rings. The lowest BCUT2D eigenvalue weighted by atomic mass is 9.94. The summed E-state index contributed by atoms with van der Waals surface area (Å²) in [4.78, 5) is 12.0. The molecule has 0 saturated heterocycles. The van der Waals surface area contributed by atoms with Crippen molar-refractivity contribution in [2.24, 2.45) is 5.73 Å². The summed E-state index contributed by atoms with van der Waals surface area (Å²) in [5, 5.41) is 3.60. The second-order valence-electron chi connectivity index (χ2n) is 6.00. The summed E-state index contributed by atoms with van der Waals surface area (Å²) in [6, 6.07) is 15.3. The third kappa shape index (κ3) is 4.86. The van der Waals surface area contributed by atoms with Gasteiger partial charge in [0.15, 0.2) is 0 Å². The van der Waals surface area contributed by atoms with Crippen molar-refractivity contribution in [3.05, 3.63) is 70.2 Å². The Labute approximate surface area is 136 Å². The maximum Gasteiger partial charge on any atom is 0.224 e. The number of benzene rings is 2. The van der Waals surface area contributed by atoms with E-state index < -0.39 is 0 Å². The molecule has 0 saturated carbocycles. The van der Waals surface area contributed by atoms with E-state index in [0.29, 0.717) is 18.0 Å². The predicted molar refractivity (Wildman–Crippen MR) is 90.7 cm³/mol. The summed E-state index contributed by atoms with van der Waals surface area (Å²) in [5.41, 5.74) is 8.73. The van der Waals surface area contributed by atoms with Crippen LogP contribution in [0.5, 0.6) is 0 Å². The third-order valence-electron chi connectivity index (χ3n) is 3.47. The van der Waals surface area contributed by atoms with Crippen molar-refractivity contribution in [1.29, 1.82) is 0 Å². The first kappa shape index (κ1) is 16.5. The van der Waals surface area contributed by atoms with Crippen molar-refractivity contribution in [3.63, 3.8) is 0 Å². The average molecular weight is 317 g/mol. The van der Waals surface area contributed by atoms with E-state index in [1.54, 1.807) is 0 Å². The Morgan fingerprint density at radius 2 is 1.59 bits per heavy atom. The lowest BCUT2D eigenvalue weighted by molar-refractivity contribution is -0.120. The SMILES string of the molecule is CC(C)(N)c1ccc(CC(=O)NCc2ccc(Cl)cc2)cc1. The number of nitrogens with one attached hydrogen (secondary N) is 1. The molecule has 116 valence electrons. The van der Waals surface area contributed by atoms with Crippen molar-refractivity contribution in [1.82, 2.24) is 5.32 Å².